The van der Waals surface area contributed by atoms with E-state index in [2.05, 4.69) is 5.32 Å². The molecule has 1 aromatic heterocycles. The number of carbonyl (C=O) groups is 2. The van der Waals surface area contributed by atoms with Gasteiger partial charge in [-0.2, -0.15) is 5.26 Å². The number of carbonyl (C=O) groups excluding carboxylic acids is 1. The van der Waals surface area contributed by atoms with Crippen LogP contribution in [-0.2, 0) is 4.79 Å². The van der Waals surface area contributed by atoms with Crippen LogP contribution in [0.1, 0.15) is 15.2 Å². The Balaban J connectivity index is 1.91. The average molecular weight is 302 g/mol. The molecular formula is C14H10N2O4S. The second-order valence-corrected chi connectivity index (χ2v) is 4.86. The molecule has 0 aliphatic heterocycles. The number of rotatable bonds is 5. The Bertz CT molecular complexity index is 701. The molecule has 0 saturated heterocycles. The number of hydrogen-bond donors (Lipinski definition) is 2. The van der Waals surface area contributed by atoms with Crippen molar-refractivity contribution in [2.45, 2.75) is 0 Å². The van der Waals surface area contributed by atoms with Crippen LogP contribution in [0.25, 0.3) is 0 Å². The van der Waals surface area contributed by atoms with E-state index < -0.39 is 11.9 Å². The van der Waals surface area contributed by atoms with Gasteiger partial charge < -0.3 is 15.2 Å². The number of nitrogens with zero attached hydrogens (tertiary/aromatic N) is 1. The number of nitrogens with one attached hydrogen (secondary N) is 1. The SMILES string of the molecule is N#Cc1ccc(NC(=O)COc2ccsc2C(=O)O)cc1. The molecule has 1 amide bonds. The van der Waals surface area contributed by atoms with Crippen LogP contribution >= 0.6 is 11.3 Å². The van der Waals surface area contributed by atoms with Gasteiger partial charge in [0.2, 0.25) is 0 Å². The highest BCUT2D eigenvalue weighted by molar-refractivity contribution is 7.12. The molecule has 0 aliphatic rings. The molecule has 0 aliphatic carbocycles. The summed E-state index contributed by atoms with van der Waals surface area (Å²) in [5, 5.41) is 21.7. The van der Waals surface area contributed by atoms with Crippen LogP contribution in [0.15, 0.2) is 35.7 Å². The van der Waals surface area contributed by atoms with Crippen LogP contribution in [0.4, 0.5) is 5.69 Å². The Morgan fingerprint density at radius 3 is 2.62 bits per heavy atom. The van der Waals surface area contributed by atoms with E-state index in [0.717, 1.165) is 11.3 Å². The van der Waals surface area contributed by atoms with Crippen molar-refractivity contribution >= 4 is 28.9 Å². The largest absolute Gasteiger partial charge is 0.482 e. The van der Waals surface area contributed by atoms with E-state index in [1.165, 1.54) is 6.07 Å². The Labute approximate surface area is 124 Å². The summed E-state index contributed by atoms with van der Waals surface area (Å²) in [6.07, 6.45) is 0. The van der Waals surface area contributed by atoms with Gasteiger partial charge in [0.05, 0.1) is 11.6 Å². The predicted octanol–water partition coefficient (Wildman–Crippen LogP) is 2.34. The van der Waals surface area contributed by atoms with Gasteiger partial charge in [0.25, 0.3) is 5.91 Å². The average Bonchev–Trinajstić information content (AvgIpc) is 2.94. The molecule has 1 aromatic carbocycles. The van der Waals surface area contributed by atoms with Crippen molar-refractivity contribution in [2.75, 3.05) is 11.9 Å². The number of benzene rings is 1. The molecule has 0 atom stereocenters. The van der Waals surface area contributed by atoms with E-state index in [-0.39, 0.29) is 17.2 Å². The van der Waals surface area contributed by atoms with Crippen molar-refractivity contribution in [3.05, 3.63) is 46.2 Å². The zero-order valence-electron chi connectivity index (χ0n) is 10.7. The van der Waals surface area contributed by atoms with Crippen molar-refractivity contribution in [3.63, 3.8) is 0 Å². The molecule has 0 saturated carbocycles. The van der Waals surface area contributed by atoms with Gasteiger partial charge in [-0.15, -0.1) is 11.3 Å². The Hall–Kier alpha value is -2.85. The molecule has 2 rings (SSSR count). The van der Waals surface area contributed by atoms with Crippen LogP contribution in [0, 0.1) is 11.3 Å². The molecule has 106 valence electrons. The summed E-state index contributed by atoms with van der Waals surface area (Å²) in [6.45, 7) is -0.295. The topological polar surface area (TPSA) is 99.4 Å². The molecule has 0 unspecified atom stereocenters. The number of hydrogen-bond acceptors (Lipinski definition) is 5. The monoisotopic (exact) mass is 302 g/mol. The molecule has 21 heavy (non-hydrogen) atoms. The third kappa shape index (κ3) is 3.81. The first-order valence-electron chi connectivity index (χ1n) is 5.84. The fourth-order valence-electron chi connectivity index (χ4n) is 1.54. The number of ether oxygens (including phenoxy) is 1. The van der Waals surface area contributed by atoms with E-state index in [1.807, 2.05) is 6.07 Å². The van der Waals surface area contributed by atoms with Gasteiger partial charge in [0, 0.05) is 5.69 Å². The van der Waals surface area contributed by atoms with Gasteiger partial charge in [-0.05, 0) is 35.7 Å². The van der Waals surface area contributed by atoms with Gasteiger partial charge in [0.15, 0.2) is 11.5 Å². The summed E-state index contributed by atoms with van der Waals surface area (Å²) in [6, 6.07) is 9.84. The van der Waals surface area contributed by atoms with Gasteiger partial charge >= 0.3 is 5.97 Å². The minimum Gasteiger partial charge on any atom is -0.482 e. The van der Waals surface area contributed by atoms with Crippen molar-refractivity contribution in [3.8, 4) is 11.8 Å². The van der Waals surface area contributed by atoms with Crippen molar-refractivity contribution in [1.82, 2.24) is 0 Å². The quantitative estimate of drug-likeness (QED) is 0.883. The maximum atomic E-state index is 11.7. The minimum absolute atomic E-state index is 0.0566. The van der Waals surface area contributed by atoms with E-state index in [0.29, 0.717) is 11.3 Å². The van der Waals surface area contributed by atoms with Crippen LogP contribution in [-0.4, -0.2) is 23.6 Å². The molecular weight excluding hydrogens is 292 g/mol. The summed E-state index contributed by atoms with van der Waals surface area (Å²) in [5.74, 6) is -1.34. The molecule has 0 spiro atoms. The number of nitriles is 1. The number of anilines is 1. The van der Waals surface area contributed by atoms with E-state index in [4.69, 9.17) is 15.1 Å². The molecule has 0 bridgehead atoms. The maximum Gasteiger partial charge on any atom is 0.349 e. The first kappa shape index (κ1) is 14.6. The van der Waals surface area contributed by atoms with Gasteiger partial charge in [-0.1, -0.05) is 0 Å². The summed E-state index contributed by atoms with van der Waals surface area (Å²) >= 11 is 1.03. The standard InChI is InChI=1S/C14H10N2O4S/c15-7-9-1-3-10(4-2-9)16-12(17)8-20-11-5-6-21-13(11)14(18)19/h1-6H,8H2,(H,16,17)(H,18,19). The molecule has 2 aromatic rings. The zero-order valence-corrected chi connectivity index (χ0v) is 11.5. The maximum absolute atomic E-state index is 11.7. The fraction of sp³-hybridized carbons (Fsp3) is 0.0714. The first-order valence-corrected chi connectivity index (χ1v) is 6.71. The molecule has 0 fully saturated rings. The summed E-state index contributed by atoms with van der Waals surface area (Å²) in [4.78, 5) is 22.6. The van der Waals surface area contributed by atoms with Crippen molar-refractivity contribution in [1.29, 1.82) is 5.26 Å². The summed E-state index contributed by atoms with van der Waals surface area (Å²) in [7, 11) is 0. The number of aromatic carboxylic acids is 1. The van der Waals surface area contributed by atoms with Crippen molar-refractivity contribution in [2.24, 2.45) is 0 Å². The molecule has 2 N–H and O–H groups in total. The fourth-order valence-corrected chi connectivity index (χ4v) is 2.21. The second-order valence-electron chi connectivity index (χ2n) is 3.95. The Morgan fingerprint density at radius 1 is 1.29 bits per heavy atom. The summed E-state index contributed by atoms with van der Waals surface area (Å²) in [5.41, 5.74) is 1.03. The minimum atomic E-state index is -1.09. The lowest BCUT2D eigenvalue weighted by atomic mass is 10.2. The molecule has 7 heteroatoms. The van der Waals surface area contributed by atoms with Crippen LogP contribution in [0.5, 0.6) is 5.75 Å². The zero-order chi connectivity index (χ0) is 15.2. The lowest BCUT2D eigenvalue weighted by Crippen LogP contribution is -2.20. The van der Waals surface area contributed by atoms with Crippen LogP contribution in [0.2, 0.25) is 0 Å². The Morgan fingerprint density at radius 2 is 2.00 bits per heavy atom. The van der Waals surface area contributed by atoms with Crippen LogP contribution in [0.3, 0.4) is 0 Å². The van der Waals surface area contributed by atoms with E-state index >= 15 is 0 Å². The number of thiophene rings is 1. The smallest absolute Gasteiger partial charge is 0.349 e. The van der Waals surface area contributed by atoms with E-state index in [1.54, 1.807) is 29.6 Å². The van der Waals surface area contributed by atoms with Gasteiger partial charge in [-0.3, -0.25) is 4.79 Å². The highest BCUT2D eigenvalue weighted by Gasteiger charge is 2.14. The van der Waals surface area contributed by atoms with Gasteiger partial charge in [-0.25, -0.2) is 4.79 Å². The van der Waals surface area contributed by atoms with Crippen molar-refractivity contribution < 1.29 is 19.4 Å². The Kier molecular flexibility index (Phi) is 4.53. The van der Waals surface area contributed by atoms with E-state index in [9.17, 15) is 9.59 Å². The highest BCUT2D eigenvalue weighted by atomic mass is 32.1. The third-order valence-electron chi connectivity index (χ3n) is 2.48. The van der Waals surface area contributed by atoms with Crippen LogP contribution < -0.4 is 10.1 Å². The number of amides is 1. The third-order valence-corrected chi connectivity index (χ3v) is 3.36. The lowest BCUT2D eigenvalue weighted by molar-refractivity contribution is -0.118. The predicted molar refractivity (Wildman–Crippen MR) is 76.6 cm³/mol. The normalized spacial score (nSPS) is 9.67. The molecule has 1 heterocycles. The lowest BCUT2D eigenvalue weighted by Gasteiger charge is -2.07. The molecule has 6 nitrogen and oxygen atoms in total. The second kappa shape index (κ2) is 6.54. The highest BCUT2D eigenvalue weighted by Crippen LogP contribution is 2.24. The summed E-state index contributed by atoms with van der Waals surface area (Å²) < 4.78 is 5.18. The number of carboxylic acids is 1. The molecule has 0 radical (unpaired) electrons. The first-order chi connectivity index (χ1) is 10.1. The number of carboxylic acid groups (broad SMARTS) is 1. The van der Waals surface area contributed by atoms with Gasteiger partial charge in [0.1, 0.15) is 5.75 Å².